The molecule has 0 aromatic heterocycles. The van der Waals surface area contributed by atoms with Crippen LogP contribution in [0.15, 0.2) is 23.0 Å². The first-order valence-electron chi connectivity index (χ1n) is 12.2. The van der Waals surface area contributed by atoms with Gasteiger partial charge in [0.2, 0.25) is 0 Å². The van der Waals surface area contributed by atoms with E-state index in [1.807, 2.05) is 0 Å². The Morgan fingerprint density at radius 2 is 1.50 bits per heavy atom. The molecule has 164 valence electrons. The second kappa shape index (κ2) is 16.2. The molecular formula is C25H47ClN2. The molecule has 0 saturated carbocycles. The first kappa shape index (κ1) is 25.4. The highest BCUT2D eigenvalue weighted by Crippen LogP contribution is 2.27. The molecule has 1 heterocycles. The van der Waals surface area contributed by atoms with Gasteiger partial charge in [-0.3, -0.25) is 0 Å². The molecule has 1 aliphatic rings. The van der Waals surface area contributed by atoms with Gasteiger partial charge in [-0.1, -0.05) is 103 Å². The molecule has 0 N–H and O–H groups in total. The second-order valence-corrected chi connectivity index (χ2v) is 8.91. The molecule has 2 nitrogen and oxygen atoms in total. The summed E-state index contributed by atoms with van der Waals surface area (Å²) in [4.78, 5) is 5.19. The molecule has 1 unspecified atom stereocenters. The van der Waals surface area contributed by atoms with Crippen molar-refractivity contribution in [1.82, 2.24) is 9.80 Å². The third kappa shape index (κ3) is 9.72. The molecule has 0 aromatic rings. The first-order chi connectivity index (χ1) is 13.7. The zero-order valence-corrected chi connectivity index (χ0v) is 20.1. The Balaban J connectivity index is 2.83. The fourth-order valence-electron chi connectivity index (χ4n) is 4.12. The van der Waals surface area contributed by atoms with E-state index >= 15 is 0 Å². The fourth-order valence-corrected chi connectivity index (χ4v) is 4.45. The van der Waals surface area contributed by atoms with Crippen molar-refractivity contribution in [2.24, 2.45) is 5.92 Å². The third-order valence-corrected chi connectivity index (χ3v) is 6.28. The smallest absolute Gasteiger partial charge is 0.123 e. The Hall–Kier alpha value is -0.630. The Morgan fingerprint density at radius 1 is 0.893 bits per heavy atom. The van der Waals surface area contributed by atoms with Gasteiger partial charge >= 0.3 is 0 Å². The summed E-state index contributed by atoms with van der Waals surface area (Å²) >= 11 is 6.79. The van der Waals surface area contributed by atoms with Crippen LogP contribution in [0.1, 0.15) is 105 Å². The molecule has 0 radical (unpaired) electrons. The number of nitrogens with zero attached hydrogens (tertiary/aromatic N) is 2. The van der Waals surface area contributed by atoms with Crippen molar-refractivity contribution in [2.75, 3.05) is 26.2 Å². The molecule has 0 saturated heterocycles. The molecular weight excluding hydrogens is 364 g/mol. The van der Waals surface area contributed by atoms with Crippen LogP contribution >= 0.6 is 11.6 Å². The van der Waals surface area contributed by atoms with Gasteiger partial charge in [-0.05, 0) is 31.3 Å². The topological polar surface area (TPSA) is 6.48 Å². The minimum Gasteiger partial charge on any atom is -0.357 e. The van der Waals surface area contributed by atoms with E-state index < -0.39 is 0 Å². The summed E-state index contributed by atoms with van der Waals surface area (Å²) in [6.07, 6.45) is 20.1. The number of rotatable bonds is 17. The molecule has 1 atom stereocenters. The lowest BCUT2D eigenvalue weighted by molar-refractivity contribution is 0.185. The molecule has 0 bridgehead atoms. The van der Waals surface area contributed by atoms with E-state index in [1.54, 1.807) is 0 Å². The highest BCUT2D eigenvalue weighted by Gasteiger charge is 2.23. The van der Waals surface area contributed by atoms with Crippen molar-refractivity contribution in [3.05, 3.63) is 23.0 Å². The van der Waals surface area contributed by atoms with E-state index in [4.69, 9.17) is 11.6 Å². The quantitative estimate of drug-likeness (QED) is 0.224. The van der Waals surface area contributed by atoms with Crippen molar-refractivity contribution >= 4 is 11.6 Å². The van der Waals surface area contributed by atoms with Gasteiger partial charge in [0.05, 0.1) is 5.03 Å². The highest BCUT2D eigenvalue weighted by atomic mass is 35.5. The van der Waals surface area contributed by atoms with E-state index in [-0.39, 0.29) is 0 Å². The largest absolute Gasteiger partial charge is 0.357 e. The number of unbranched alkanes of at least 4 members (excludes halogenated alkanes) is 7. The maximum atomic E-state index is 6.79. The van der Waals surface area contributed by atoms with Crippen molar-refractivity contribution in [3.63, 3.8) is 0 Å². The standard InChI is InChI=1S/C25H47ClN2/c1-5-9-12-14-19-27(20-15-13-10-6-2)25-24(26)18-16-21-28(25)22-23(8-4)17-11-7-3/h16,18,23H,5-15,17,19-22H2,1-4H3. The summed E-state index contributed by atoms with van der Waals surface area (Å²) in [5.41, 5.74) is 0. The molecule has 0 spiro atoms. The van der Waals surface area contributed by atoms with Gasteiger partial charge in [0.1, 0.15) is 5.82 Å². The van der Waals surface area contributed by atoms with Crippen LogP contribution in [0.2, 0.25) is 0 Å². The highest BCUT2D eigenvalue weighted by molar-refractivity contribution is 6.31. The molecule has 28 heavy (non-hydrogen) atoms. The summed E-state index contributed by atoms with van der Waals surface area (Å²) in [6.45, 7) is 13.7. The van der Waals surface area contributed by atoms with Crippen molar-refractivity contribution in [1.29, 1.82) is 0 Å². The number of halogens is 1. The normalized spacial score (nSPS) is 15.4. The molecule has 0 fully saturated rings. The molecule has 1 aliphatic heterocycles. The fraction of sp³-hybridized carbons (Fsp3) is 0.840. The molecule has 0 amide bonds. The van der Waals surface area contributed by atoms with Crippen LogP contribution in [0.4, 0.5) is 0 Å². The van der Waals surface area contributed by atoms with Gasteiger partial charge in [-0.15, -0.1) is 0 Å². The Labute approximate surface area is 181 Å². The SMILES string of the molecule is CCCCCCN(CCCCCC)C1=C(Cl)C=CCN1CC(CC)CCCC. The maximum Gasteiger partial charge on any atom is 0.123 e. The van der Waals surface area contributed by atoms with Gasteiger partial charge in [0.15, 0.2) is 0 Å². The van der Waals surface area contributed by atoms with Gasteiger partial charge < -0.3 is 9.80 Å². The second-order valence-electron chi connectivity index (χ2n) is 8.50. The Kier molecular flexibility index (Phi) is 14.7. The van der Waals surface area contributed by atoms with Crippen LogP contribution in [0.25, 0.3) is 0 Å². The summed E-state index contributed by atoms with van der Waals surface area (Å²) in [7, 11) is 0. The van der Waals surface area contributed by atoms with Crippen molar-refractivity contribution in [3.8, 4) is 0 Å². The third-order valence-electron chi connectivity index (χ3n) is 5.99. The van der Waals surface area contributed by atoms with E-state index in [9.17, 15) is 0 Å². The number of allylic oxidation sites excluding steroid dienone is 2. The molecule has 1 rings (SSSR count). The summed E-state index contributed by atoms with van der Waals surface area (Å²) < 4.78 is 0. The molecule has 0 aliphatic carbocycles. The summed E-state index contributed by atoms with van der Waals surface area (Å²) in [5.74, 6) is 2.08. The van der Waals surface area contributed by atoms with E-state index in [0.29, 0.717) is 0 Å². The van der Waals surface area contributed by atoms with Crippen LogP contribution in [0.3, 0.4) is 0 Å². The lowest BCUT2D eigenvalue weighted by atomic mass is 9.98. The minimum absolute atomic E-state index is 0.771. The van der Waals surface area contributed by atoms with Gasteiger partial charge in [-0.25, -0.2) is 0 Å². The van der Waals surface area contributed by atoms with Crippen LogP contribution in [0, 0.1) is 5.92 Å². The molecule has 0 aromatic carbocycles. The summed E-state index contributed by atoms with van der Waals surface area (Å²) in [5, 5.41) is 0.947. The predicted octanol–water partition coefficient (Wildman–Crippen LogP) is 7.95. The van der Waals surface area contributed by atoms with Crippen LogP contribution in [-0.2, 0) is 0 Å². The van der Waals surface area contributed by atoms with Crippen molar-refractivity contribution in [2.45, 2.75) is 105 Å². The lowest BCUT2D eigenvalue weighted by Crippen LogP contribution is -2.41. The maximum absolute atomic E-state index is 6.79. The lowest BCUT2D eigenvalue weighted by Gasteiger charge is -2.39. The zero-order valence-electron chi connectivity index (χ0n) is 19.3. The summed E-state index contributed by atoms with van der Waals surface area (Å²) in [6, 6.07) is 0. The molecule has 3 heteroatoms. The average molecular weight is 411 g/mol. The Bertz CT molecular complexity index is 432. The van der Waals surface area contributed by atoms with E-state index in [1.165, 1.54) is 82.9 Å². The Morgan fingerprint density at radius 3 is 2.04 bits per heavy atom. The van der Waals surface area contributed by atoms with E-state index in [2.05, 4.69) is 49.6 Å². The monoisotopic (exact) mass is 410 g/mol. The first-order valence-corrected chi connectivity index (χ1v) is 12.6. The average Bonchev–Trinajstić information content (AvgIpc) is 2.70. The van der Waals surface area contributed by atoms with Gasteiger partial charge in [0.25, 0.3) is 0 Å². The van der Waals surface area contributed by atoms with Gasteiger partial charge in [-0.2, -0.15) is 0 Å². The number of hydrogen-bond donors (Lipinski definition) is 0. The minimum atomic E-state index is 0.771. The van der Waals surface area contributed by atoms with Crippen molar-refractivity contribution < 1.29 is 0 Å². The van der Waals surface area contributed by atoms with Crippen LogP contribution in [-0.4, -0.2) is 36.0 Å². The van der Waals surface area contributed by atoms with Gasteiger partial charge in [0, 0.05) is 26.2 Å². The number of hydrogen-bond acceptors (Lipinski definition) is 2. The van der Waals surface area contributed by atoms with Crippen LogP contribution < -0.4 is 0 Å². The predicted molar refractivity (Wildman–Crippen MR) is 127 cm³/mol. The van der Waals surface area contributed by atoms with E-state index in [0.717, 1.165) is 37.1 Å². The van der Waals surface area contributed by atoms with Crippen LogP contribution in [0.5, 0.6) is 0 Å². The zero-order chi connectivity index (χ0) is 20.6.